The van der Waals surface area contributed by atoms with Gasteiger partial charge >= 0.3 is 0 Å². The van der Waals surface area contributed by atoms with Gasteiger partial charge in [-0.25, -0.2) is 0 Å². The summed E-state index contributed by atoms with van der Waals surface area (Å²) in [5, 5.41) is 12.3. The van der Waals surface area contributed by atoms with Crippen molar-refractivity contribution in [2.75, 3.05) is 6.54 Å². The summed E-state index contributed by atoms with van der Waals surface area (Å²) in [6.07, 6.45) is 3.60. The third-order valence-corrected chi connectivity index (χ3v) is 2.54. The molecule has 0 aromatic carbocycles. The summed E-state index contributed by atoms with van der Waals surface area (Å²) in [6, 6.07) is 0. The SMILES string of the molecule is CC(O)CCCNCc1cncs1. The Labute approximate surface area is 82.8 Å². The van der Waals surface area contributed by atoms with E-state index in [4.69, 9.17) is 5.11 Å². The van der Waals surface area contributed by atoms with Crippen molar-refractivity contribution < 1.29 is 5.11 Å². The highest BCUT2D eigenvalue weighted by atomic mass is 32.1. The number of aliphatic hydroxyl groups excluding tert-OH is 1. The molecule has 0 amide bonds. The largest absolute Gasteiger partial charge is 0.393 e. The lowest BCUT2D eigenvalue weighted by atomic mass is 10.2. The van der Waals surface area contributed by atoms with Crippen molar-refractivity contribution in [2.24, 2.45) is 0 Å². The van der Waals surface area contributed by atoms with Crippen LogP contribution in [0, 0.1) is 0 Å². The average molecular weight is 200 g/mol. The van der Waals surface area contributed by atoms with Crippen LogP contribution in [0.2, 0.25) is 0 Å². The van der Waals surface area contributed by atoms with Gasteiger partial charge in [-0.3, -0.25) is 4.98 Å². The van der Waals surface area contributed by atoms with Crippen LogP contribution in [0.3, 0.4) is 0 Å². The van der Waals surface area contributed by atoms with Crippen LogP contribution in [0.4, 0.5) is 0 Å². The van der Waals surface area contributed by atoms with Gasteiger partial charge in [-0.15, -0.1) is 11.3 Å². The molecular weight excluding hydrogens is 184 g/mol. The molecule has 0 aliphatic rings. The Morgan fingerprint density at radius 1 is 1.69 bits per heavy atom. The molecule has 0 aliphatic carbocycles. The lowest BCUT2D eigenvalue weighted by Gasteiger charge is -2.04. The smallest absolute Gasteiger partial charge is 0.0794 e. The topological polar surface area (TPSA) is 45.1 Å². The van der Waals surface area contributed by atoms with Crippen molar-refractivity contribution in [1.82, 2.24) is 10.3 Å². The van der Waals surface area contributed by atoms with E-state index in [1.807, 2.05) is 18.6 Å². The Bertz CT molecular complexity index is 211. The molecular formula is C9H16N2OS. The Morgan fingerprint density at radius 3 is 3.15 bits per heavy atom. The lowest BCUT2D eigenvalue weighted by molar-refractivity contribution is 0.181. The van der Waals surface area contributed by atoms with Gasteiger partial charge in [-0.2, -0.15) is 0 Å². The van der Waals surface area contributed by atoms with E-state index in [1.165, 1.54) is 4.88 Å². The summed E-state index contributed by atoms with van der Waals surface area (Å²) < 4.78 is 0. The molecule has 0 saturated carbocycles. The summed E-state index contributed by atoms with van der Waals surface area (Å²) in [7, 11) is 0. The fourth-order valence-electron chi connectivity index (χ4n) is 1.06. The number of nitrogens with zero attached hydrogens (tertiary/aromatic N) is 1. The van der Waals surface area contributed by atoms with Gasteiger partial charge in [0.05, 0.1) is 11.6 Å². The maximum absolute atomic E-state index is 9.00. The van der Waals surface area contributed by atoms with Gasteiger partial charge in [0.25, 0.3) is 0 Å². The van der Waals surface area contributed by atoms with E-state index in [0.29, 0.717) is 0 Å². The maximum Gasteiger partial charge on any atom is 0.0794 e. The molecule has 1 rings (SSSR count). The molecule has 3 nitrogen and oxygen atoms in total. The zero-order valence-electron chi connectivity index (χ0n) is 7.86. The van der Waals surface area contributed by atoms with Gasteiger partial charge in [0.2, 0.25) is 0 Å². The Kier molecular flexibility index (Phi) is 4.97. The number of nitrogens with one attached hydrogen (secondary N) is 1. The molecule has 0 bridgehead atoms. The van der Waals surface area contributed by atoms with Crippen LogP contribution in [-0.2, 0) is 6.54 Å². The molecule has 13 heavy (non-hydrogen) atoms. The van der Waals surface area contributed by atoms with E-state index in [1.54, 1.807) is 11.3 Å². The fourth-order valence-corrected chi connectivity index (χ4v) is 1.63. The van der Waals surface area contributed by atoms with E-state index >= 15 is 0 Å². The first-order valence-corrected chi connectivity index (χ1v) is 5.43. The lowest BCUT2D eigenvalue weighted by Crippen LogP contribution is -2.15. The predicted molar refractivity (Wildman–Crippen MR) is 54.7 cm³/mol. The predicted octanol–water partition coefficient (Wildman–Crippen LogP) is 1.39. The monoisotopic (exact) mass is 200 g/mol. The van der Waals surface area contributed by atoms with Crippen LogP contribution in [0.1, 0.15) is 24.6 Å². The Morgan fingerprint density at radius 2 is 2.54 bits per heavy atom. The number of aromatic nitrogens is 1. The van der Waals surface area contributed by atoms with Gasteiger partial charge < -0.3 is 10.4 Å². The third kappa shape index (κ3) is 4.98. The molecule has 2 N–H and O–H groups in total. The summed E-state index contributed by atoms with van der Waals surface area (Å²) in [5.74, 6) is 0. The molecule has 1 atom stereocenters. The van der Waals surface area contributed by atoms with Crippen LogP contribution in [-0.4, -0.2) is 22.7 Å². The molecule has 1 aromatic rings. The number of aliphatic hydroxyl groups is 1. The zero-order valence-corrected chi connectivity index (χ0v) is 8.68. The zero-order chi connectivity index (χ0) is 9.52. The first kappa shape index (κ1) is 10.6. The van der Waals surface area contributed by atoms with Gasteiger partial charge in [0.15, 0.2) is 0 Å². The van der Waals surface area contributed by atoms with Crippen molar-refractivity contribution in [3.63, 3.8) is 0 Å². The number of hydrogen-bond acceptors (Lipinski definition) is 4. The van der Waals surface area contributed by atoms with Crippen LogP contribution in [0.15, 0.2) is 11.7 Å². The van der Waals surface area contributed by atoms with Gasteiger partial charge in [-0.1, -0.05) is 0 Å². The summed E-state index contributed by atoms with van der Waals surface area (Å²) in [6.45, 7) is 3.68. The van der Waals surface area contributed by atoms with E-state index in [-0.39, 0.29) is 6.10 Å². The maximum atomic E-state index is 9.00. The molecule has 1 unspecified atom stereocenters. The minimum atomic E-state index is -0.176. The summed E-state index contributed by atoms with van der Waals surface area (Å²) in [5.41, 5.74) is 1.84. The highest BCUT2D eigenvalue weighted by molar-refractivity contribution is 7.09. The molecule has 0 aliphatic heterocycles. The van der Waals surface area contributed by atoms with Crippen molar-refractivity contribution in [3.05, 3.63) is 16.6 Å². The van der Waals surface area contributed by atoms with Crippen molar-refractivity contribution in [2.45, 2.75) is 32.4 Å². The van der Waals surface area contributed by atoms with Crippen LogP contribution < -0.4 is 5.32 Å². The van der Waals surface area contributed by atoms with Crippen molar-refractivity contribution >= 4 is 11.3 Å². The first-order valence-electron chi connectivity index (χ1n) is 4.55. The normalized spacial score (nSPS) is 13.1. The number of hydrogen-bond donors (Lipinski definition) is 2. The highest BCUT2D eigenvalue weighted by Gasteiger charge is 1.96. The van der Waals surface area contributed by atoms with E-state index in [9.17, 15) is 0 Å². The fraction of sp³-hybridized carbons (Fsp3) is 0.667. The average Bonchev–Trinajstić information content (AvgIpc) is 2.55. The van der Waals surface area contributed by atoms with E-state index in [2.05, 4.69) is 10.3 Å². The van der Waals surface area contributed by atoms with Crippen LogP contribution in [0.25, 0.3) is 0 Å². The first-order chi connectivity index (χ1) is 6.29. The van der Waals surface area contributed by atoms with Crippen molar-refractivity contribution in [3.8, 4) is 0 Å². The number of rotatable bonds is 6. The highest BCUT2D eigenvalue weighted by Crippen LogP contribution is 2.04. The molecule has 1 aromatic heterocycles. The third-order valence-electron chi connectivity index (χ3n) is 1.76. The second-order valence-corrected chi connectivity index (χ2v) is 4.11. The van der Waals surface area contributed by atoms with E-state index < -0.39 is 0 Å². The van der Waals surface area contributed by atoms with E-state index in [0.717, 1.165) is 25.9 Å². The molecule has 0 radical (unpaired) electrons. The second kappa shape index (κ2) is 6.07. The second-order valence-electron chi connectivity index (χ2n) is 3.14. The Hall–Kier alpha value is -0.450. The standard InChI is InChI=1S/C9H16N2OS/c1-8(12)3-2-4-10-5-9-6-11-7-13-9/h6-8,10,12H,2-5H2,1H3. The van der Waals surface area contributed by atoms with Crippen LogP contribution >= 0.6 is 11.3 Å². The van der Waals surface area contributed by atoms with Crippen LogP contribution in [0.5, 0.6) is 0 Å². The van der Waals surface area contributed by atoms with Gasteiger partial charge in [0.1, 0.15) is 0 Å². The van der Waals surface area contributed by atoms with Gasteiger partial charge in [-0.05, 0) is 26.3 Å². The molecule has 74 valence electrons. The van der Waals surface area contributed by atoms with Gasteiger partial charge in [0, 0.05) is 17.6 Å². The minimum Gasteiger partial charge on any atom is -0.393 e. The summed E-state index contributed by atoms with van der Waals surface area (Å²) in [4.78, 5) is 5.25. The summed E-state index contributed by atoms with van der Waals surface area (Å²) >= 11 is 1.66. The Balaban J connectivity index is 1.96. The molecule has 0 fully saturated rings. The number of thiazole rings is 1. The minimum absolute atomic E-state index is 0.176. The quantitative estimate of drug-likeness (QED) is 0.682. The molecule has 0 saturated heterocycles. The molecule has 4 heteroatoms. The molecule has 0 spiro atoms. The molecule has 1 heterocycles. The van der Waals surface area contributed by atoms with Crippen molar-refractivity contribution in [1.29, 1.82) is 0 Å².